The van der Waals surface area contributed by atoms with Gasteiger partial charge in [0.15, 0.2) is 0 Å². The summed E-state index contributed by atoms with van der Waals surface area (Å²) in [4.78, 5) is 16.1. The van der Waals surface area contributed by atoms with Crippen molar-refractivity contribution < 1.29 is 9.90 Å². The maximum atomic E-state index is 10.8. The normalized spacial score (nSPS) is 17.1. The number of likely N-dealkylation sites (tertiary alicyclic amines) is 1. The van der Waals surface area contributed by atoms with Crippen molar-refractivity contribution in [1.29, 1.82) is 0 Å². The van der Waals surface area contributed by atoms with E-state index in [0.29, 0.717) is 24.6 Å². The molecule has 1 amide bonds. The van der Waals surface area contributed by atoms with E-state index in [2.05, 4.69) is 4.98 Å². The molecule has 2 heterocycles. The van der Waals surface area contributed by atoms with Crippen molar-refractivity contribution in [2.45, 2.75) is 18.8 Å². The van der Waals surface area contributed by atoms with E-state index >= 15 is 0 Å². The molecule has 5 N–H and O–H groups in total. The molecule has 0 saturated carbocycles. The van der Waals surface area contributed by atoms with Crippen LogP contribution in [0, 0.1) is 0 Å². The molecular weight excluding hydrogens is 220 g/mol. The van der Waals surface area contributed by atoms with Gasteiger partial charge < -0.3 is 21.5 Å². The smallest absolute Gasteiger partial charge is 0.407 e. The third kappa shape index (κ3) is 2.25. The number of hydrogen-bond donors (Lipinski definition) is 3. The van der Waals surface area contributed by atoms with Crippen molar-refractivity contribution in [3.05, 3.63) is 17.8 Å². The lowest BCUT2D eigenvalue weighted by atomic mass is 9.89. The minimum absolute atomic E-state index is 0.274. The highest BCUT2D eigenvalue weighted by Crippen LogP contribution is 2.33. The summed E-state index contributed by atoms with van der Waals surface area (Å²) in [6.07, 6.45) is 2.34. The topological polar surface area (TPSA) is 105 Å². The van der Waals surface area contributed by atoms with Crippen molar-refractivity contribution in [1.82, 2.24) is 9.88 Å². The number of aromatic nitrogens is 1. The van der Waals surface area contributed by atoms with Gasteiger partial charge in [0.2, 0.25) is 0 Å². The fourth-order valence-electron chi connectivity index (χ4n) is 2.24. The van der Waals surface area contributed by atoms with Crippen molar-refractivity contribution >= 4 is 17.6 Å². The van der Waals surface area contributed by atoms with Crippen LogP contribution < -0.4 is 11.5 Å². The maximum absolute atomic E-state index is 10.8. The van der Waals surface area contributed by atoms with Gasteiger partial charge in [-0.3, -0.25) is 0 Å². The Labute approximate surface area is 99.2 Å². The van der Waals surface area contributed by atoms with E-state index in [9.17, 15) is 4.79 Å². The van der Waals surface area contributed by atoms with Gasteiger partial charge in [-0.05, 0) is 30.4 Å². The lowest BCUT2D eigenvalue weighted by Gasteiger charge is -2.30. The summed E-state index contributed by atoms with van der Waals surface area (Å²) in [5.41, 5.74) is 13.1. The Morgan fingerprint density at radius 2 is 2.06 bits per heavy atom. The van der Waals surface area contributed by atoms with Crippen LogP contribution in [0.15, 0.2) is 12.3 Å². The van der Waals surface area contributed by atoms with Gasteiger partial charge in [0, 0.05) is 19.3 Å². The highest BCUT2D eigenvalue weighted by molar-refractivity contribution is 5.66. The highest BCUT2D eigenvalue weighted by atomic mass is 16.4. The minimum atomic E-state index is -0.856. The molecule has 92 valence electrons. The fraction of sp³-hybridized carbons (Fsp3) is 0.455. The van der Waals surface area contributed by atoms with Crippen LogP contribution in [0.4, 0.5) is 16.3 Å². The molecule has 0 aliphatic carbocycles. The van der Waals surface area contributed by atoms with Crippen LogP contribution in [0.25, 0.3) is 0 Å². The summed E-state index contributed by atoms with van der Waals surface area (Å²) in [7, 11) is 0. The third-order valence-electron chi connectivity index (χ3n) is 3.26. The standard InChI is InChI=1S/C11H16N4O2/c12-9-8(1-4-14-10(9)13)7-2-5-15(6-3-7)11(16)17/h1,4,7H,2-3,5-6,12H2,(H2,13,14)(H,16,17). The van der Waals surface area contributed by atoms with Crippen LogP contribution in [0.5, 0.6) is 0 Å². The second-order valence-corrected chi connectivity index (χ2v) is 4.24. The quantitative estimate of drug-likeness (QED) is 0.677. The highest BCUT2D eigenvalue weighted by Gasteiger charge is 2.25. The van der Waals surface area contributed by atoms with Gasteiger partial charge >= 0.3 is 6.09 Å². The number of nitrogens with two attached hydrogens (primary N) is 2. The second kappa shape index (κ2) is 4.48. The molecule has 17 heavy (non-hydrogen) atoms. The Morgan fingerprint density at radius 1 is 1.41 bits per heavy atom. The number of carboxylic acid groups (broad SMARTS) is 1. The maximum Gasteiger partial charge on any atom is 0.407 e. The molecule has 0 atom stereocenters. The number of amides is 1. The van der Waals surface area contributed by atoms with Crippen LogP contribution in [0.1, 0.15) is 24.3 Å². The van der Waals surface area contributed by atoms with Crippen LogP contribution in [0.2, 0.25) is 0 Å². The van der Waals surface area contributed by atoms with E-state index in [0.717, 1.165) is 18.4 Å². The SMILES string of the molecule is Nc1nccc(C2CCN(C(=O)O)CC2)c1N. The summed E-state index contributed by atoms with van der Waals surface area (Å²) < 4.78 is 0. The molecule has 1 aliphatic heterocycles. The lowest BCUT2D eigenvalue weighted by Crippen LogP contribution is -2.36. The first-order valence-electron chi connectivity index (χ1n) is 5.57. The summed E-state index contributed by atoms with van der Waals surface area (Å²) in [5.74, 6) is 0.624. The van der Waals surface area contributed by atoms with E-state index in [1.165, 1.54) is 4.90 Å². The van der Waals surface area contributed by atoms with Gasteiger partial charge in [-0.2, -0.15) is 0 Å². The molecule has 1 aliphatic rings. The Hall–Kier alpha value is -1.98. The zero-order chi connectivity index (χ0) is 12.4. The summed E-state index contributed by atoms with van der Waals surface area (Å²) in [5, 5.41) is 8.87. The number of hydrogen-bond acceptors (Lipinski definition) is 4. The van der Waals surface area contributed by atoms with Crippen LogP contribution in [-0.4, -0.2) is 34.2 Å². The largest absolute Gasteiger partial charge is 0.465 e. The van der Waals surface area contributed by atoms with Gasteiger partial charge in [0.1, 0.15) is 5.82 Å². The fourth-order valence-corrected chi connectivity index (χ4v) is 2.24. The lowest BCUT2D eigenvalue weighted by molar-refractivity contribution is 0.132. The molecule has 0 aromatic carbocycles. The number of nitrogens with zero attached hydrogens (tertiary/aromatic N) is 2. The average molecular weight is 236 g/mol. The van der Waals surface area contributed by atoms with E-state index < -0.39 is 6.09 Å². The van der Waals surface area contributed by atoms with E-state index in [1.54, 1.807) is 6.20 Å². The van der Waals surface area contributed by atoms with Gasteiger partial charge in [-0.25, -0.2) is 9.78 Å². The van der Waals surface area contributed by atoms with Gasteiger partial charge in [0.25, 0.3) is 0 Å². The van der Waals surface area contributed by atoms with Crippen LogP contribution >= 0.6 is 0 Å². The molecule has 1 fully saturated rings. The van der Waals surface area contributed by atoms with Crippen molar-refractivity contribution in [3.8, 4) is 0 Å². The number of rotatable bonds is 1. The second-order valence-electron chi connectivity index (χ2n) is 4.24. The molecule has 1 saturated heterocycles. The first kappa shape index (κ1) is 11.5. The minimum Gasteiger partial charge on any atom is -0.465 e. The number of carbonyl (C=O) groups is 1. The Kier molecular flexibility index (Phi) is 3.03. The predicted molar refractivity (Wildman–Crippen MR) is 64.6 cm³/mol. The molecule has 2 rings (SSSR count). The molecule has 0 radical (unpaired) electrons. The number of piperidine rings is 1. The molecule has 1 aromatic heterocycles. The van der Waals surface area contributed by atoms with Crippen molar-refractivity contribution in [3.63, 3.8) is 0 Å². The first-order valence-corrected chi connectivity index (χ1v) is 5.57. The first-order chi connectivity index (χ1) is 8.09. The summed E-state index contributed by atoms with van der Waals surface area (Å²) in [6.45, 7) is 1.09. The molecule has 1 aromatic rings. The Balaban J connectivity index is 2.10. The van der Waals surface area contributed by atoms with Gasteiger partial charge in [-0.15, -0.1) is 0 Å². The van der Waals surface area contributed by atoms with Crippen molar-refractivity contribution in [2.75, 3.05) is 24.6 Å². The van der Waals surface area contributed by atoms with E-state index in [-0.39, 0.29) is 5.92 Å². The van der Waals surface area contributed by atoms with Crippen molar-refractivity contribution in [2.24, 2.45) is 0 Å². The summed E-state index contributed by atoms with van der Waals surface area (Å²) >= 11 is 0. The molecule has 0 bridgehead atoms. The van der Waals surface area contributed by atoms with E-state index in [1.807, 2.05) is 6.07 Å². The third-order valence-corrected chi connectivity index (χ3v) is 3.26. The number of pyridine rings is 1. The van der Waals surface area contributed by atoms with Crippen LogP contribution in [-0.2, 0) is 0 Å². The molecular formula is C11H16N4O2. The van der Waals surface area contributed by atoms with Crippen LogP contribution in [0.3, 0.4) is 0 Å². The molecule has 6 nitrogen and oxygen atoms in total. The van der Waals surface area contributed by atoms with Gasteiger partial charge in [0.05, 0.1) is 5.69 Å². The zero-order valence-electron chi connectivity index (χ0n) is 9.47. The van der Waals surface area contributed by atoms with E-state index in [4.69, 9.17) is 16.6 Å². The average Bonchev–Trinajstić information content (AvgIpc) is 2.33. The summed E-state index contributed by atoms with van der Waals surface area (Å²) in [6, 6.07) is 1.87. The number of anilines is 2. The zero-order valence-corrected chi connectivity index (χ0v) is 9.47. The van der Waals surface area contributed by atoms with Gasteiger partial charge in [-0.1, -0.05) is 0 Å². The Bertz CT molecular complexity index is 427. The molecule has 0 unspecified atom stereocenters. The molecule has 0 spiro atoms. The number of nitrogen functional groups attached to an aromatic ring is 2. The monoisotopic (exact) mass is 236 g/mol. The molecule has 6 heteroatoms. The Morgan fingerprint density at radius 3 is 2.65 bits per heavy atom. The predicted octanol–water partition coefficient (Wildman–Crippen LogP) is 1.10.